The number of rotatable bonds is 9. The Hall–Kier alpha value is -5.12. The molecule has 6 rings (SSSR count). The SMILES string of the molecule is O=C(Nc1ccc(Oc2ccc(F)cc2)nc1)c1ccc(C(=O)N2CCC(Oc3ccc(C(=O)C4CC4)cc3)CC2)nc1. The van der Waals surface area contributed by atoms with Crippen LogP contribution in [0.1, 0.15) is 56.9 Å². The van der Waals surface area contributed by atoms with Crippen LogP contribution in [0.3, 0.4) is 0 Å². The number of benzene rings is 2. The number of nitrogens with zero attached hydrogens (tertiary/aromatic N) is 3. The van der Waals surface area contributed by atoms with Gasteiger partial charge >= 0.3 is 0 Å². The van der Waals surface area contributed by atoms with Gasteiger partial charge in [-0.15, -0.1) is 0 Å². The lowest BCUT2D eigenvalue weighted by molar-refractivity contribution is 0.0589. The molecule has 3 heterocycles. The average molecular weight is 581 g/mol. The number of likely N-dealkylation sites (tertiary alicyclic amines) is 1. The second-order valence-electron chi connectivity index (χ2n) is 10.6. The number of halogens is 1. The van der Waals surface area contributed by atoms with Gasteiger partial charge in [0.2, 0.25) is 5.88 Å². The van der Waals surface area contributed by atoms with Crippen LogP contribution in [0, 0.1) is 11.7 Å². The van der Waals surface area contributed by atoms with Gasteiger partial charge in [0.15, 0.2) is 5.78 Å². The Balaban J connectivity index is 0.968. The van der Waals surface area contributed by atoms with Crippen molar-refractivity contribution in [3.05, 3.63) is 108 Å². The van der Waals surface area contributed by atoms with E-state index in [4.69, 9.17) is 9.47 Å². The van der Waals surface area contributed by atoms with E-state index in [2.05, 4.69) is 15.3 Å². The first-order valence-corrected chi connectivity index (χ1v) is 14.2. The minimum Gasteiger partial charge on any atom is -0.490 e. The Kier molecular flexibility index (Phi) is 8.08. The molecule has 0 radical (unpaired) electrons. The monoisotopic (exact) mass is 580 g/mol. The Bertz CT molecular complexity index is 1600. The minimum absolute atomic E-state index is 0.0221. The molecule has 0 atom stereocenters. The van der Waals surface area contributed by atoms with E-state index in [0.29, 0.717) is 48.8 Å². The molecule has 0 bridgehead atoms. The van der Waals surface area contributed by atoms with E-state index >= 15 is 0 Å². The Morgan fingerprint density at radius 3 is 2.09 bits per heavy atom. The Morgan fingerprint density at radius 2 is 1.47 bits per heavy atom. The number of piperidine rings is 1. The summed E-state index contributed by atoms with van der Waals surface area (Å²) >= 11 is 0. The second-order valence-corrected chi connectivity index (χ2v) is 10.6. The van der Waals surface area contributed by atoms with E-state index in [0.717, 1.165) is 24.2 Å². The van der Waals surface area contributed by atoms with Crippen molar-refractivity contribution in [1.29, 1.82) is 0 Å². The number of anilines is 1. The molecule has 2 fully saturated rings. The standard InChI is InChI=1S/C33H29FN4O5/c34-24-6-11-27(12-7-24)43-30-14-8-25(20-36-30)37-32(40)23-5-13-29(35-19-23)33(41)38-17-15-28(16-18-38)42-26-9-3-22(4-10-26)31(39)21-1-2-21/h3-14,19-21,28H,1-2,15-18H2,(H,37,40). The van der Waals surface area contributed by atoms with Crippen LogP contribution in [0.15, 0.2) is 85.2 Å². The summed E-state index contributed by atoms with van der Waals surface area (Å²) in [6, 6.07) is 19.2. The summed E-state index contributed by atoms with van der Waals surface area (Å²) in [5, 5.41) is 2.74. The second kappa shape index (κ2) is 12.4. The molecule has 1 aliphatic heterocycles. The maximum atomic E-state index is 13.1. The first kappa shape index (κ1) is 28.0. The summed E-state index contributed by atoms with van der Waals surface area (Å²) in [7, 11) is 0. The molecule has 0 spiro atoms. The highest BCUT2D eigenvalue weighted by Gasteiger charge is 2.30. The third-order valence-electron chi connectivity index (χ3n) is 7.39. The minimum atomic E-state index is -0.400. The zero-order chi connectivity index (χ0) is 29.8. The number of hydrogen-bond donors (Lipinski definition) is 1. The molecule has 1 aliphatic carbocycles. The Labute approximate surface area is 247 Å². The zero-order valence-corrected chi connectivity index (χ0v) is 23.2. The largest absolute Gasteiger partial charge is 0.490 e. The molecule has 2 aromatic carbocycles. The summed E-state index contributed by atoms with van der Waals surface area (Å²) in [5.41, 5.74) is 1.73. The van der Waals surface area contributed by atoms with Gasteiger partial charge in [-0.3, -0.25) is 19.4 Å². The van der Waals surface area contributed by atoms with Crippen molar-refractivity contribution in [3.8, 4) is 17.4 Å². The van der Waals surface area contributed by atoms with Gasteiger partial charge in [0.05, 0.1) is 17.4 Å². The highest BCUT2D eigenvalue weighted by atomic mass is 19.1. The van der Waals surface area contributed by atoms with Crippen molar-refractivity contribution in [2.75, 3.05) is 18.4 Å². The van der Waals surface area contributed by atoms with Crippen molar-refractivity contribution < 1.29 is 28.2 Å². The maximum Gasteiger partial charge on any atom is 0.272 e. The van der Waals surface area contributed by atoms with E-state index < -0.39 is 5.91 Å². The zero-order valence-electron chi connectivity index (χ0n) is 23.2. The topological polar surface area (TPSA) is 111 Å². The summed E-state index contributed by atoms with van der Waals surface area (Å²) in [4.78, 5) is 48.1. The van der Waals surface area contributed by atoms with Crippen LogP contribution < -0.4 is 14.8 Å². The van der Waals surface area contributed by atoms with Gasteiger partial charge in [-0.1, -0.05) is 0 Å². The normalized spacial score (nSPS) is 15.0. The van der Waals surface area contributed by atoms with Gasteiger partial charge in [0.25, 0.3) is 11.8 Å². The van der Waals surface area contributed by atoms with E-state index in [-0.39, 0.29) is 35.2 Å². The number of carbonyl (C=O) groups is 3. The molecule has 1 saturated carbocycles. The lowest BCUT2D eigenvalue weighted by Crippen LogP contribution is -2.42. The summed E-state index contributed by atoms with van der Waals surface area (Å²) in [5.74, 6) is 0.885. The van der Waals surface area contributed by atoms with Crippen LogP contribution in [0.25, 0.3) is 0 Å². The van der Waals surface area contributed by atoms with Crippen LogP contribution in [-0.4, -0.2) is 51.7 Å². The number of ketones is 1. The lowest BCUT2D eigenvalue weighted by atomic mass is 10.1. The molecule has 10 heteroatoms. The quantitative estimate of drug-likeness (QED) is 0.244. The van der Waals surface area contributed by atoms with Crippen LogP contribution in [0.5, 0.6) is 17.4 Å². The van der Waals surface area contributed by atoms with E-state index in [9.17, 15) is 18.8 Å². The van der Waals surface area contributed by atoms with E-state index in [1.807, 2.05) is 24.3 Å². The number of carbonyl (C=O) groups excluding carboxylic acids is 3. The number of Topliss-reactive ketones (excluding diaryl/α,β-unsaturated/α-hetero) is 1. The molecule has 2 aliphatic rings. The van der Waals surface area contributed by atoms with Crippen LogP contribution in [0.2, 0.25) is 0 Å². The molecule has 0 unspecified atom stereocenters. The predicted molar refractivity (Wildman–Crippen MR) is 156 cm³/mol. The molecular formula is C33H29FN4O5. The van der Waals surface area contributed by atoms with Gasteiger partial charge in [-0.05, 0) is 79.6 Å². The molecule has 4 aromatic rings. The first-order valence-electron chi connectivity index (χ1n) is 14.2. The third-order valence-corrected chi connectivity index (χ3v) is 7.39. The van der Waals surface area contributed by atoms with Gasteiger partial charge in [-0.2, -0.15) is 0 Å². The highest BCUT2D eigenvalue weighted by Crippen LogP contribution is 2.33. The molecule has 2 amide bonds. The number of ether oxygens (including phenoxy) is 2. The highest BCUT2D eigenvalue weighted by molar-refractivity contribution is 6.04. The fourth-order valence-electron chi connectivity index (χ4n) is 4.81. The van der Waals surface area contributed by atoms with Crippen molar-refractivity contribution in [2.45, 2.75) is 31.8 Å². The van der Waals surface area contributed by atoms with Crippen molar-refractivity contribution in [3.63, 3.8) is 0 Å². The van der Waals surface area contributed by atoms with Gasteiger partial charge in [0, 0.05) is 49.7 Å². The van der Waals surface area contributed by atoms with Gasteiger partial charge < -0.3 is 19.7 Å². The van der Waals surface area contributed by atoms with Gasteiger partial charge in [0.1, 0.15) is 29.1 Å². The number of hydrogen-bond acceptors (Lipinski definition) is 7. The number of pyridine rings is 2. The maximum absolute atomic E-state index is 13.1. The number of nitrogens with one attached hydrogen (secondary N) is 1. The summed E-state index contributed by atoms with van der Waals surface area (Å²) in [6.45, 7) is 1.05. The lowest BCUT2D eigenvalue weighted by Gasteiger charge is -2.32. The molecule has 9 nitrogen and oxygen atoms in total. The number of aromatic nitrogens is 2. The van der Waals surface area contributed by atoms with Crippen LogP contribution in [0.4, 0.5) is 10.1 Å². The smallest absolute Gasteiger partial charge is 0.272 e. The molecule has 43 heavy (non-hydrogen) atoms. The van der Waals surface area contributed by atoms with E-state index in [1.165, 1.54) is 36.7 Å². The molecule has 2 aromatic heterocycles. The molecular weight excluding hydrogens is 551 g/mol. The first-order chi connectivity index (χ1) is 20.9. The van der Waals surface area contributed by atoms with E-state index in [1.54, 1.807) is 29.2 Å². The number of amides is 2. The van der Waals surface area contributed by atoms with Crippen molar-refractivity contribution in [1.82, 2.24) is 14.9 Å². The van der Waals surface area contributed by atoms with Crippen molar-refractivity contribution >= 4 is 23.3 Å². The summed E-state index contributed by atoms with van der Waals surface area (Å²) < 4.78 is 24.7. The van der Waals surface area contributed by atoms with Crippen LogP contribution in [-0.2, 0) is 0 Å². The fraction of sp³-hybridized carbons (Fsp3) is 0.242. The average Bonchev–Trinajstić information content (AvgIpc) is 3.89. The predicted octanol–water partition coefficient (Wildman–Crippen LogP) is 5.94. The fourth-order valence-corrected chi connectivity index (χ4v) is 4.81. The van der Waals surface area contributed by atoms with Crippen molar-refractivity contribution in [2.24, 2.45) is 5.92 Å². The molecule has 1 N–H and O–H groups in total. The molecule has 218 valence electrons. The molecule has 1 saturated heterocycles. The summed E-state index contributed by atoms with van der Waals surface area (Å²) in [6.07, 6.45) is 6.11. The Morgan fingerprint density at radius 1 is 0.767 bits per heavy atom. The third kappa shape index (κ3) is 7.03. The van der Waals surface area contributed by atoms with Crippen LogP contribution >= 0.6 is 0 Å². The van der Waals surface area contributed by atoms with Gasteiger partial charge in [-0.25, -0.2) is 9.37 Å².